The molecule has 5 nitrogen and oxygen atoms in total. The van der Waals surface area contributed by atoms with Gasteiger partial charge < -0.3 is 23.5 Å². The standard InChI is InChI=1S/C20H23NO4/c1-22-18-13-16(14-19(23-2)20(18)24-3)25-12-6-10-21-11-9-15-7-4-5-8-17(15)21/h4-5,7-9,11,13-14H,6,10,12H2,1-3H3. The lowest BCUT2D eigenvalue weighted by Crippen LogP contribution is -2.04. The summed E-state index contributed by atoms with van der Waals surface area (Å²) in [4.78, 5) is 0. The van der Waals surface area contributed by atoms with Crippen LogP contribution in [0.5, 0.6) is 23.0 Å². The Labute approximate surface area is 147 Å². The number of fused-ring (bicyclic) bond motifs is 1. The fourth-order valence-electron chi connectivity index (χ4n) is 2.90. The number of aryl methyl sites for hydroxylation is 1. The highest BCUT2D eigenvalue weighted by molar-refractivity contribution is 5.79. The number of hydrogen-bond donors (Lipinski definition) is 0. The van der Waals surface area contributed by atoms with Crippen molar-refractivity contribution in [1.29, 1.82) is 0 Å². The van der Waals surface area contributed by atoms with E-state index in [1.807, 2.05) is 12.1 Å². The van der Waals surface area contributed by atoms with E-state index in [1.54, 1.807) is 21.3 Å². The lowest BCUT2D eigenvalue weighted by molar-refractivity contribution is 0.290. The van der Waals surface area contributed by atoms with Crippen molar-refractivity contribution in [2.24, 2.45) is 0 Å². The molecule has 0 aliphatic carbocycles. The molecule has 0 atom stereocenters. The van der Waals surface area contributed by atoms with Gasteiger partial charge in [0.15, 0.2) is 11.5 Å². The molecule has 0 spiro atoms. The van der Waals surface area contributed by atoms with Gasteiger partial charge in [0.05, 0.1) is 27.9 Å². The van der Waals surface area contributed by atoms with Gasteiger partial charge in [-0.2, -0.15) is 0 Å². The first kappa shape index (κ1) is 17.0. The van der Waals surface area contributed by atoms with E-state index in [9.17, 15) is 0 Å². The molecule has 132 valence electrons. The van der Waals surface area contributed by atoms with Crippen molar-refractivity contribution in [3.8, 4) is 23.0 Å². The van der Waals surface area contributed by atoms with Crippen LogP contribution in [0.2, 0.25) is 0 Å². The molecule has 3 rings (SSSR count). The normalized spacial score (nSPS) is 10.7. The number of hydrogen-bond acceptors (Lipinski definition) is 4. The lowest BCUT2D eigenvalue weighted by Gasteiger charge is -2.14. The van der Waals surface area contributed by atoms with Crippen molar-refractivity contribution in [3.63, 3.8) is 0 Å². The molecule has 5 heteroatoms. The van der Waals surface area contributed by atoms with Gasteiger partial charge in [0.1, 0.15) is 5.75 Å². The number of rotatable bonds is 8. The molecule has 0 amide bonds. The lowest BCUT2D eigenvalue weighted by atomic mass is 10.2. The van der Waals surface area contributed by atoms with Crippen LogP contribution >= 0.6 is 0 Å². The molecular formula is C20H23NO4. The summed E-state index contributed by atoms with van der Waals surface area (Å²) in [5, 5.41) is 1.26. The van der Waals surface area contributed by atoms with Crippen LogP contribution in [0.4, 0.5) is 0 Å². The molecule has 0 saturated carbocycles. The van der Waals surface area contributed by atoms with Crippen LogP contribution in [0.15, 0.2) is 48.7 Å². The minimum absolute atomic E-state index is 0.566. The third-order valence-corrected chi connectivity index (χ3v) is 4.13. The molecule has 0 aliphatic rings. The Morgan fingerprint density at radius 1 is 0.880 bits per heavy atom. The number of methoxy groups -OCH3 is 3. The highest BCUT2D eigenvalue weighted by atomic mass is 16.5. The van der Waals surface area contributed by atoms with Crippen molar-refractivity contribution >= 4 is 10.9 Å². The summed E-state index contributed by atoms with van der Waals surface area (Å²) in [7, 11) is 4.78. The quantitative estimate of drug-likeness (QED) is 0.578. The van der Waals surface area contributed by atoms with E-state index in [0.29, 0.717) is 29.6 Å². The maximum Gasteiger partial charge on any atom is 0.203 e. The highest BCUT2D eigenvalue weighted by Gasteiger charge is 2.13. The largest absolute Gasteiger partial charge is 0.493 e. The Balaban J connectivity index is 1.62. The Morgan fingerprint density at radius 3 is 2.28 bits per heavy atom. The number of benzene rings is 2. The first-order chi connectivity index (χ1) is 12.3. The Hall–Kier alpha value is -2.82. The molecule has 1 heterocycles. The van der Waals surface area contributed by atoms with Gasteiger partial charge in [0.25, 0.3) is 0 Å². The van der Waals surface area contributed by atoms with E-state index in [2.05, 4.69) is 41.1 Å². The summed E-state index contributed by atoms with van der Waals surface area (Å²) >= 11 is 0. The van der Waals surface area contributed by atoms with Crippen molar-refractivity contribution in [1.82, 2.24) is 4.57 Å². The summed E-state index contributed by atoms with van der Waals surface area (Å²) in [6, 6.07) is 14.1. The summed E-state index contributed by atoms with van der Waals surface area (Å²) in [6.07, 6.45) is 3.01. The number of aromatic nitrogens is 1. The van der Waals surface area contributed by atoms with Crippen LogP contribution in [0, 0.1) is 0 Å². The molecular weight excluding hydrogens is 318 g/mol. The van der Waals surface area contributed by atoms with Gasteiger partial charge in [0, 0.05) is 30.4 Å². The monoisotopic (exact) mass is 341 g/mol. The Kier molecular flexibility index (Phi) is 5.33. The fraction of sp³-hybridized carbons (Fsp3) is 0.300. The predicted molar refractivity (Wildman–Crippen MR) is 98.1 cm³/mol. The van der Waals surface area contributed by atoms with E-state index in [-0.39, 0.29) is 0 Å². The Bertz CT molecular complexity index is 816. The summed E-state index contributed by atoms with van der Waals surface area (Å²) < 4.78 is 24.1. The van der Waals surface area contributed by atoms with Crippen molar-refractivity contribution in [2.45, 2.75) is 13.0 Å². The molecule has 0 N–H and O–H groups in total. The van der Waals surface area contributed by atoms with Crippen LogP contribution in [-0.2, 0) is 6.54 Å². The molecule has 0 radical (unpaired) electrons. The zero-order valence-electron chi connectivity index (χ0n) is 14.8. The zero-order chi connectivity index (χ0) is 17.6. The molecule has 25 heavy (non-hydrogen) atoms. The van der Waals surface area contributed by atoms with E-state index in [4.69, 9.17) is 18.9 Å². The third-order valence-electron chi connectivity index (χ3n) is 4.13. The van der Waals surface area contributed by atoms with Gasteiger partial charge in [-0.1, -0.05) is 18.2 Å². The number of nitrogens with zero attached hydrogens (tertiary/aromatic N) is 1. The summed E-state index contributed by atoms with van der Waals surface area (Å²) in [5.74, 6) is 2.45. The van der Waals surface area contributed by atoms with Crippen LogP contribution in [-0.4, -0.2) is 32.5 Å². The molecule has 0 unspecified atom stereocenters. The maximum absolute atomic E-state index is 5.87. The second kappa shape index (κ2) is 7.83. The van der Waals surface area contributed by atoms with Crippen LogP contribution in [0.3, 0.4) is 0 Å². The Morgan fingerprint density at radius 2 is 1.60 bits per heavy atom. The molecule has 0 bridgehead atoms. The van der Waals surface area contributed by atoms with Crippen LogP contribution < -0.4 is 18.9 Å². The predicted octanol–water partition coefficient (Wildman–Crippen LogP) is 4.14. The second-order valence-corrected chi connectivity index (χ2v) is 5.63. The molecule has 2 aromatic carbocycles. The van der Waals surface area contributed by atoms with Crippen molar-refractivity contribution in [2.75, 3.05) is 27.9 Å². The first-order valence-electron chi connectivity index (χ1n) is 8.23. The van der Waals surface area contributed by atoms with E-state index in [0.717, 1.165) is 13.0 Å². The molecule has 0 saturated heterocycles. The van der Waals surface area contributed by atoms with Crippen molar-refractivity contribution in [3.05, 3.63) is 48.7 Å². The van der Waals surface area contributed by atoms with Crippen LogP contribution in [0.1, 0.15) is 6.42 Å². The first-order valence-corrected chi connectivity index (χ1v) is 8.23. The van der Waals surface area contributed by atoms with Gasteiger partial charge in [-0.25, -0.2) is 0 Å². The van der Waals surface area contributed by atoms with Crippen LogP contribution in [0.25, 0.3) is 10.9 Å². The minimum atomic E-state index is 0.566. The van der Waals surface area contributed by atoms with Crippen molar-refractivity contribution < 1.29 is 18.9 Å². The summed E-state index contributed by atoms with van der Waals surface area (Å²) in [6.45, 7) is 1.50. The molecule has 0 aliphatic heterocycles. The molecule has 0 fully saturated rings. The molecule has 1 aromatic heterocycles. The number of ether oxygens (including phenoxy) is 4. The van der Waals surface area contributed by atoms with Gasteiger partial charge >= 0.3 is 0 Å². The second-order valence-electron chi connectivity index (χ2n) is 5.63. The third kappa shape index (κ3) is 3.65. The average Bonchev–Trinajstić information content (AvgIpc) is 3.07. The highest BCUT2D eigenvalue weighted by Crippen LogP contribution is 2.40. The summed E-state index contributed by atoms with van der Waals surface area (Å²) in [5.41, 5.74) is 1.25. The molecule has 3 aromatic rings. The van der Waals surface area contributed by atoms with E-state index < -0.39 is 0 Å². The maximum atomic E-state index is 5.87. The topological polar surface area (TPSA) is 41.9 Å². The van der Waals surface area contributed by atoms with Gasteiger partial charge in [-0.3, -0.25) is 0 Å². The van der Waals surface area contributed by atoms with E-state index in [1.165, 1.54) is 10.9 Å². The smallest absolute Gasteiger partial charge is 0.203 e. The minimum Gasteiger partial charge on any atom is -0.493 e. The van der Waals surface area contributed by atoms with E-state index >= 15 is 0 Å². The van der Waals surface area contributed by atoms with Gasteiger partial charge in [-0.15, -0.1) is 0 Å². The van der Waals surface area contributed by atoms with Gasteiger partial charge in [0.2, 0.25) is 5.75 Å². The van der Waals surface area contributed by atoms with Gasteiger partial charge in [-0.05, 0) is 23.9 Å². The fourth-order valence-corrected chi connectivity index (χ4v) is 2.90. The number of para-hydroxylation sites is 1. The zero-order valence-corrected chi connectivity index (χ0v) is 14.8. The SMILES string of the molecule is COc1cc(OCCCn2ccc3ccccc32)cc(OC)c1OC. The average molecular weight is 341 g/mol.